The van der Waals surface area contributed by atoms with Gasteiger partial charge < -0.3 is 4.74 Å². The fourth-order valence-corrected chi connectivity index (χ4v) is 2.60. The zero-order valence-electron chi connectivity index (χ0n) is 7.68. The highest BCUT2D eigenvalue weighted by atomic mass is 79.9. The molecule has 82 valence electrons. The van der Waals surface area contributed by atoms with Gasteiger partial charge in [-0.2, -0.15) is 0 Å². The Morgan fingerprint density at radius 2 is 2.20 bits per heavy atom. The number of ether oxygens (including phenoxy) is 1. The van der Waals surface area contributed by atoms with Crippen LogP contribution in [0, 0.1) is 0 Å². The van der Waals surface area contributed by atoms with Crippen molar-refractivity contribution < 1.29 is 13.2 Å². The number of sulfonamides is 1. The third-order valence-electron chi connectivity index (χ3n) is 1.88. The monoisotopic (exact) mass is 292 g/mol. The summed E-state index contributed by atoms with van der Waals surface area (Å²) < 4.78 is 27.9. The molecule has 0 unspecified atom stereocenters. The fourth-order valence-electron chi connectivity index (χ4n) is 1.06. The minimum Gasteiger partial charge on any atom is -0.489 e. The maximum Gasteiger partial charge on any atom is 0.256 e. The van der Waals surface area contributed by atoms with E-state index in [9.17, 15) is 8.42 Å². The van der Waals surface area contributed by atoms with Gasteiger partial charge in [0.15, 0.2) is 5.03 Å². The molecule has 5 nitrogen and oxygen atoms in total. The Labute approximate surface area is 95.8 Å². The molecule has 1 heterocycles. The van der Waals surface area contributed by atoms with Crippen LogP contribution in [0.5, 0.6) is 5.75 Å². The molecular formula is C8H9BrN2O3S. The van der Waals surface area contributed by atoms with E-state index in [1.807, 2.05) is 0 Å². The van der Waals surface area contributed by atoms with E-state index < -0.39 is 10.0 Å². The van der Waals surface area contributed by atoms with E-state index in [1.165, 1.54) is 6.20 Å². The molecule has 0 aromatic carbocycles. The van der Waals surface area contributed by atoms with Gasteiger partial charge in [-0.15, -0.1) is 0 Å². The molecule has 1 aromatic heterocycles. The van der Waals surface area contributed by atoms with Gasteiger partial charge in [-0.3, -0.25) is 0 Å². The Kier molecular flexibility index (Phi) is 2.70. The quantitative estimate of drug-likeness (QED) is 0.902. The van der Waals surface area contributed by atoms with Crippen LogP contribution in [0.3, 0.4) is 0 Å². The number of nitrogens with two attached hydrogens (primary N) is 1. The van der Waals surface area contributed by atoms with Crippen molar-refractivity contribution in [2.45, 2.75) is 24.0 Å². The number of hydrogen-bond acceptors (Lipinski definition) is 4. The molecule has 15 heavy (non-hydrogen) atoms. The molecule has 1 aliphatic rings. The highest BCUT2D eigenvalue weighted by Crippen LogP contribution is 2.29. The summed E-state index contributed by atoms with van der Waals surface area (Å²) in [7, 11) is -3.78. The fraction of sp³-hybridized carbons (Fsp3) is 0.375. The molecule has 0 amide bonds. The maximum absolute atomic E-state index is 11.0. The largest absolute Gasteiger partial charge is 0.489 e. The summed E-state index contributed by atoms with van der Waals surface area (Å²) in [6.07, 6.45) is 3.69. The first-order valence-corrected chi connectivity index (χ1v) is 6.66. The predicted octanol–water partition coefficient (Wildman–Crippen LogP) is 1.03. The molecule has 0 aliphatic heterocycles. The van der Waals surface area contributed by atoms with E-state index >= 15 is 0 Å². The lowest BCUT2D eigenvalue weighted by Crippen LogP contribution is -2.14. The third kappa shape index (κ3) is 2.67. The summed E-state index contributed by atoms with van der Waals surface area (Å²) in [6, 6.07) is 1.56. The molecule has 0 atom stereocenters. The Morgan fingerprint density at radius 1 is 1.53 bits per heavy atom. The molecule has 1 saturated carbocycles. The van der Waals surface area contributed by atoms with Gasteiger partial charge in [-0.25, -0.2) is 18.5 Å². The van der Waals surface area contributed by atoms with E-state index in [0.29, 0.717) is 10.2 Å². The topological polar surface area (TPSA) is 82.3 Å². The summed E-state index contributed by atoms with van der Waals surface area (Å²) in [5.41, 5.74) is 0. The number of pyridine rings is 1. The van der Waals surface area contributed by atoms with Crippen LogP contribution in [-0.2, 0) is 10.0 Å². The first-order chi connectivity index (χ1) is 6.97. The summed E-state index contributed by atoms with van der Waals surface area (Å²) in [6.45, 7) is 0. The van der Waals surface area contributed by atoms with E-state index in [4.69, 9.17) is 9.88 Å². The highest BCUT2D eigenvalue weighted by molar-refractivity contribution is 9.10. The first-order valence-electron chi connectivity index (χ1n) is 4.32. The average Bonchev–Trinajstić information content (AvgIpc) is 2.85. The van der Waals surface area contributed by atoms with Gasteiger partial charge in [0, 0.05) is 0 Å². The SMILES string of the molecule is NS(=O)(=O)c1ncc(OC2CC2)cc1Br. The minimum atomic E-state index is -3.78. The molecule has 0 bridgehead atoms. The lowest BCUT2D eigenvalue weighted by atomic mass is 10.5. The maximum atomic E-state index is 11.0. The van der Waals surface area contributed by atoms with Crippen LogP contribution in [0.15, 0.2) is 21.8 Å². The Bertz CT molecular complexity index is 485. The second-order valence-electron chi connectivity index (χ2n) is 3.32. The summed E-state index contributed by atoms with van der Waals surface area (Å²) in [5, 5.41) is 4.78. The zero-order chi connectivity index (χ0) is 11.1. The second kappa shape index (κ2) is 3.73. The molecule has 0 saturated heterocycles. The molecule has 1 fully saturated rings. The smallest absolute Gasteiger partial charge is 0.256 e. The van der Waals surface area contributed by atoms with Crippen molar-refractivity contribution in [2.75, 3.05) is 0 Å². The van der Waals surface area contributed by atoms with Crippen molar-refractivity contribution in [2.24, 2.45) is 5.14 Å². The summed E-state index contributed by atoms with van der Waals surface area (Å²) in [4.78, 5) is 3.75. The third-order valence-corrected chi connectivity index (χ3v) is 3.61. The molecule has 0 radical (unpaired) electrons. The molecule has 2 rings (SSSR count). The van der Waals surface area contributed by atoms with Crippen LogP contribution in [0.4, 0.5) is 0 Å². The van der Waals surface area contributed by atoms with Gasteiger partial charge >= 0.3 is 0 Å². The van der Waals surface area contributed by atoms with Gasteiger partial charge in [0.1, 0.15) is 5.75 Å². The van der Waals surface area contributed by atoms with Crippen molar-refractivity contribution in [1.29, 1.82) is 0 Å². The van der Waals surface area contributed by atoms with Crippen molar-refractivity contribution in [1.82, 2.24) is 4.98 Å². The van der Waals surface area contributed by atoms with Crippen LogP contribution in [0.25, 0.3) is 0 Å². The van der Waals surface area contributed by atoms with Crippen molar-refractivity contribution in [3.63, 3.8) is 0 Å². The van der Waals surface area contributed by atoms with Crippen LogP contribution >= 0.6 is 15.9 Å². The first kappa shape index (κ1) is 10.8. The van der Waals surface area contributed by atoms with E-state index in [2.05, 4.69) is 20.9 Å². The van der Waals surface area contributed by atoms with Crippen LogP contribution < -0.4 is 9.88 Å². The Balaban J connectivity index is 2.29. The minimum absolute atomic E-state index is 0.175. The molecular weight excluding hydrogens is 284 g/mol. The average molecular weight is 293 g/mol. The number of halogens is 1. The molecule has 1 aliphatic carbocycles. The predicted molar refractivity (Wildman–Crippen MR) is 57.0 cm³/mol. The van der Waals surface area contributed by atoms with Gasteiger partial charge in [0.05, 0.1) is 16.8 Å². The Hall–Kier alpha value is -0.660. The zero-order valence-corrected chi connectivity index (χ0v) is 10.1. The standard InChI is InChI=1S/C8H9BrN2O3S/c9-7-3-6(14-5-1-2-5)4-11-8(7)15(10,12)13/h3-5H,1-2H2,(H2,10,12,13). The lowest BCUT2D eigenvalue weighted by Gasteiger charge is -2.06. The molecule has 2 N–H and O–H groups in total. The molecule has 1 aromatic rings. The van der Waals surface area contributed by atoms with Crippen molar-refractivity contribution in [3.05, 3.63) is 16.7 Å². The summed E-state index contributed by atoms with van der Waals surface area (Å²) >= 11 is 3.09. The van der Waals surface area contributed by atoms with Crippen molar-refractivity contribution >= 4 is 26.0 Å². The molecule has 0 spiro atoms. The highest BCUT2D eigenvalue weighted by Gasteiger charge is 2.24. The van der Waals surface area contributed by atoms with E-state index in [1.54, 1.807) is 6.07 Å². The van der Waals surface area contributed by atoms with Crippen LogP contribution in [-0.4, -0.2) is 19.5 Å². The van der Waals surface area contributed by atoms with Gasteiger partial charge in [-0.1, -0.05) is 0 Å². The number of primary sulfonamides is 1. The Morgan fingerprint density at radius 3 is 2.67 bits per heavy atom. The van der Waals surface area contributed by atoms with Crippen molar-refractivity contribution in [3.8, 4) is 5.75 Å². The van der Waals surface area contributed by atoms with Crippen LogP contribution in [0.1, 0.15) is 12.8 Å². The van der Waals surface area contributed by atoms with Gasteiger partial charge in [-0.05, 0) is 34.8 Å². The van der Waals surface area contributed by atoms with Gasteiger partial charge in [0.25, 0.3) is 10.0 Å². The number of hydrogen-bond donors (Lipinski definition) is 1. The summed E-state index contributed by atoms with van der Waals surface area (Å²) in [5.74, 6) is 0.553. The number of aromatic nitrogens is 1. The second-order valence-corrected chi connectivity index (χ2v) is 5.65. The number of rotatable bonds is 3. The van der Waals surface area contributed by atoms with E-state index in [0.717, 1.165) is 12.8 Å². The molecule has 7 heteroatoms. The van der Waals surface area contributed by atoms with E-state index in [-0.39, 0.29) is 11.1 Å². The number of nitrogens with zero attached hydrogens (tertiary/aromatic N) is 1. The van der Waals surface area contributed by atoms with Crippen LogP contribution in [0.2, 0.25) is 0 Å². The normalized spacial score (nSPS) is 16.4. The lowest BCUT2D eigenvalue weighted by molar-refractivity contribution is 0.301. The van der Waals surface area contributed by atoms with Gasteiger partial charge in [0.2, 0.25) is 0 Å².